The molecular weight excluding hydrogens is 346 g/mol. The van der Waals surface area contributed by atoms with Gasteiger partial charge in [0, 0.05) is 19.9 Å². The highest BCUT2D eigenvalue weighted by Gasteiger charge is 2.37. The number of rotatable bonds is 5. The SMILES string of the molecule is COCCN1CN(S(C)(=O)=O)n2cc(C(=O)O)c(=O)c(O)c2C1=O. The topological polar surface area (TPSA) is 146 Å². The van der Waals surface area contributed by atoms with Gasteiger partial charge < -0.3 is 19.8 Å². The van der Waals surface area contributed by atoms with Crippen LogP contribution >= 0.6 is 0 Å². The Morgan fingerprint density at radius 2 is 2.00 bits per heavy atom. The average Bonchev–Trinajstić information content (AvgIpc) is 2.48. The molecule has 0 saturated carbocycles. The second-order valence-electron chi connectivity index (χ2n) is 5.01. The second kappa shape index (κ2) is 6.13. The molecule has 0 aliphatic carbocycles. The van der Waals surface area contributed by atoms with Gasteiger partial charge in [0.25, 0.3) is 5.91 Å². The van der Waals surface area contributed by atoms with Crippen molar-refractivity contribution in [1.82, 2.24) is 9.58 Å². The van der Waals surface area contributed by atoms with E-state index in [0.717, 1.165) is 11.2 Å². The number of aromatic hydroxyl groups is 1. The first-order chi connectivity index (χ1) is 11.1. The number of methoxy groups -OCH3 is 1. The molecule has 1 aliphatic heterocycles. The van der Waals surface area contributed by atoms with Crippen molar-refractivity contribution in [2.24, 2.45) is 0 Å². The third-order valence-corrected chi connectivity index (χ3v) is 4.42. The largest absolute Gasteiger partial charge is 0.502 e. The van der Waals surface area contributed by atoms with E-state index in [4.69, 9.17) is 9.84 Å². The minimum Gasteiger partial charge on any atom is -0.502 e. The van der Waals surface area contributed by atoms with Gasteiger partial charge >= 0.3 is 5.97 Å². The molecule has 0 bridgehead atoms. The van der Waals surface area contributed by atoms with E-state index in [0.29, 0.717) is 15.3 Å². The summed E-state index contributed by atoms with van der Waals surface area (Å²) >= 11 is 0. The second-order valence-corrected chi connectivity index (χ2v) is 6.89. The molecule has 0 aromatic carbocycles. The fraction of sp³-hybridized carbons (Fsp3) is 0.417. The van der Waals surface area contributed by atoms with Crippen LogP contribution in [0.1, 0.15) is 20.8 Å². The Hall–Kier alpha value is -2.60. The summed E-state index contributed by atoms with van der Waals surface area (Å²) in [5.74, 6) is -3.61. The minimum absolute atomic E-state index is 0.00959. The summed E-state index contributed by atoms with van der Waals surface area (Å²) in [4.78, 5) is 36.5. The van der Waals surface area contributed by atoms with E-state index in [2.05, 4.69) is 0 Å². The molecule has 132 valence electrons. The molecule has 1 aromatic heterocycles. The van der Waals surface area contributed by atoms with Gasteiger partial charge in [-0.05, 0) is 0 Å². The lowest BCUT2D eigenvalue weighted by molar-refractivity contribution is 0.0635. The number of sulfonamides is 1. The Kier molecular flexibility index (Phi) is 4.53. The Morgan fingerprint density at radius 3 is 2.50 bits per heavy atom. The number of pyridine rings is 1. The first-order valence-electron chi connectivity index (χ1n) is 6.57. The summed E-state index contributed by atoms with van der Waals surface area (Å²) in [6.45, 7) is -0.313. The van der Waals surface area contributed by atoms with Crippen LogP contribution in [-0.2, 0) is 14.8 Å². The van der Waals surface area contributed by atoms with E-state index < -0.39 is 51.0 Å². The summed E-state index contributed by atoms with van der Waals surface area (Å²) in [6, 6.07) is 0. The number of nitrogens with zero attached hydrogens (tertiary/aromatic N) is 3. The Bertz CT molecular complexity index is 860. The monoisotopic (exact) mass is 361 g/mol. The van der Waals surface area contributed by atoms with Gasteiger partial charge in [0.15, 0.2) is 11.4 Å². The van der Waals surface area contributed by atoms with Gasteiger partial charge in [-0.1, -0.05) is 0 Å². The van der Waals surface area contributed by atoms with Gasteiger partial charge in [0.05, 0.1) is 12.9 Å². The fourth-order valence-electron chi connectivity index (χ4n) is 2.18. The van der Waals surface area contributed by atoms with Crippen molar-refractivity contribution >= 4 is 21.9 Å². The first kappa shape index (κ1) is 17.7. The molecule has 1 amide bonds. The lowest BCUT2D eigenvalue weighted by Crippen LogP contribution is -2.56. The van der Waals surface area contributed by atoms with Crippen LogP contribution in [0.4, 0.5) is 0 Å². The predicted molar refractivity (Wildman–Crippen MR) is 80.2 cm³/mol. The van der Waals surface area contributed by atoms with Crippen LogP contribution < -0.4 is 9.84 Å². The Balaban J connectivity index is 2.74. The Labute approximate surface area is 136 Å². The van der Waals surface area contributed by atoms with Crippen molar-refractivity contribution in [3.05, 3.63) is 27.7 Å². The molecule has 2 N–H and O–H groups in total. The van der Waals surface area contributed by atoms with E-state index in [1.54, 1.807) is 0 Å². The lowest BCUT2D eigenvalue weighted by Gasteiger charge is -2.37. The van der Waals surface area contributed by atoms with Crippen LogP contribution in [0.3, 0.4) is 0 Å². The van der Waals surface area contributed by atoms with Crippen molar-refractivity contribution in [1.29, 1.82) is 0 Å². The van der Waals surface area contributed by atoms with Crippen molar-refractivity contribution in [2.75, 3.05) is 37.6 Å². The minimum atomic E-state index is -3.94. The number of amides is 1. The van der Waals surface area contributed by atoms with Gasteiger partial charge in [-0.2, -0.15) is 4.41 Å². The third kappa shape index (κ3) is 2.92. The molecule has 0 radical (unpaired) electrons. The number of ether oxygens (including phenoxy) is 1. The molecule has 0 spiro atoms. The van der Waals surface area contributed by atoms with Crippen LogP contribution in [0.15, 0.2) is 11.0 Å². The molecule has 0 fully saturated rings. The first-order valence-corrected chi connectivity index (χ1v) is 8.42. The average molecular weight is 361 g/mol. The molecule has 2 rings (SSSR count). The summed E-state index contributed by atoms with van der Waals surface area (Å²) < 4.78 is 30.1. The number of aromatic carboxylic acids is 1. The van der Waals surface area contributed by atoms with Crippen molar-refractivity contribution in [2.45, 2.75) is 0 Å². The number of hydrogen-bond acceptors (Lipinski definition) is 7. The molecule has 0 atom stereocenters. The molecule has 12 heteroatoms. The van der Waals surface area contributed by atoms with Gasteiger partial charge in [0.1, 0.15) is 12.2 Å². The molecular formula is C12H15N3O8S. The molecule has 0 unspecified atom stereocenters. The zero-order valence-corrected chi connectivity index (χ0v) is 13.6. The van der Waals surface area contributed by atoms with E-state index in [9.17, 15) is 27.9 Å². The maximum Gasteiger partial charge on any atom is 0.341 e. The van der Waals surface area contributed by atoms with Crippen molar-refractivity contribution in [3.8, 4) is 5.75 Å². The van der Waals surface area contributed by atoms with Crippen molar-refractivity contribution < 1.29 is 33.0 Å². The van der Waals surface area contributed by atoms with E-state index in [-0.39, 0.29) is 13.2 Å². The van der Waals surface area contributed by atoms with Crippen molar-refractivity contribution in [3.63, 3.8) is 0 Å². The number of carbonyl (C=O) groups is 2. The molecule has 0 saturated heterocycles. The predicted octanol–water partition coefficient (Wildman–Crippen LogP) is -1.79. The van der Waals surface area contributed by atoms with Gasteiger partial charge in [-0.25, -0.2) is 17.9 Å². The quantitative estimate of drug-likeness (QED) is 0.625. The lowest BCUT2D eigenvalue weighted by atomic mass is 10.2. The zero-order chi connectivity index (χ0) is 18.2. The highest BCUT2D eigenvalue weighted by molar-refractivity contribution is 7.91. The maximum atomic E-state index is 12.4. The summed E-state index contributed by atoms with van der Waals surface area (Å²) in [5.41, 5.74) is -2.76. The van der Waals surface area contributed by atoms with Gasteiger partial charge in [-0.15, -0.1) is 0 Å². The highest BCUT2D eigenvalue weighted by atomic mass is 32.2. The van der Waals surface area contributed by atoms with Crippen LogP contribution in [0, 0.1) is 0 Å². The normalized spacial score (nSPS) is 14.7. The molecule has 11 nitrogen and oxygen atoms in total. The molecule has 1 aromatic rings. The highest BCUT2D eigenvalue weighted by Crippen LogP contribution is 2.22. The third-order valence-electron chi connectivity index (χ3n) is 3.36. The number of hydrogen-bond donors (Lipinski definition) is 2. The Morgan fingerprint density at radius 1 is 1.38 bits per heavy atom. The standard InChI is InChI=1S/C12H15N3O8S/c1-23-4-3-13-6-15(24(2,21)22)14-5-7(12(19)20)9(16)10(17)8(14)11(13)18/h5,17H,3-4,6H2,1-2H3,(H,19,20). The number of carboxylic acids is 1. The zero-order valence-electron chi connectivity index (χ0n) is 12.8. The van der Waals surface area contributed by atoms with Crippen LogP contribution in [0.2, 0.25) is 0 Å². The number of carboxylic acid groups (broad SMARTS) is 1. The van der Waals surface area contributed by atoms with Crippen LogP contribution in [0.5, 0.6) is 5.75 Å². The molecule has 2 heterocycles. The van der Waals surface area contributed by atoms with E-state index >= 15 is 0 Å². The number of fused-ring (bicyclic) bond motifs is 1. The fourth-order valence-corrected chi connectivity index (χ4v) is 2.98. The summed E-state index contributed by atoms with van der Waals surface area (Å²) in [7, 11) is -2.55. The summed E-state index contributed by atoms with van der Waals surface area (Å²) in [5, 5.41) is 19.0. The van der Waals surface area contributed by atoms with Crippen LogP contribution in [0.25, 0.3) is 0 Å². The molecule has 1 aliphatic rings. The van der Waals surface area contributed by atoms with Gasteiger partial charge in [-0.3, -0.25) is 9.59 Å². The number of aromatic nitrogens is 1. The smallest absolute Gasteiger partial charge is 0.341 e. The summed E-state index contributed by atoms with van der Waals surface area (Å²) in [6.07, 6.45) is 1.54. The number of carbonyl (C=O) groups excluding carboxylic acids is 1. The van der Waals surface area contributed by atoms with Crippen LogP contribution in [-0.4, -0.2) is 73.3 Å². The van der Waals surface area contributed by atoms with E-state index in [1.807, 2.05) is 0 Å². The maximum absolute atomic E-state index is 12.4. The molecule has 24 heavy (non-hydrogen) atoms. The van der Waals surface area contributed by atoms with E-state index in [1.165, 1.54) is 7.11 Å². The van der Waals surface area contributed by atoms with Gasteiger partial charge in [0.2, 0.25) is 15.5 Å².